The Morgan fingerprint density at radius 3 is 2.64 bits per heavy atom. The summed E-state index contributed by atoms with van der Waals surface area (Å²) in [4.78, 5) is 14.7. The first-order valence-corrected chi connectivity index (χ1v) is 8.29. The normalized spacial score (nSPS) is 20.9. The van der Waals surface area contributed by atoms with Gasteiger partial charge in [0.05, 0.1) is 18.9 Å². The van der Waals surface area contributed by atoms with Crippen LogP contribution < -0.4 is 10.3 Å². The number of ether oxygens (including phenoxy) is 2. The van der Waals surface area contributed by atoms with Crippen molar-refractivity contribution < 1.29 is 13.9 Å². The van der Waals surface area contributed by atoms with Gasteiger partial charge in [-0.05, 0) is 18.2 Å². The van der Waals surface area contributed by atoms with E-state index in [1.807, 2.05) is 5.38 Å². The molecule has 22 heavy (non-hydrogen) atoms. The molecule has 0 unspecified atom stereocenters. The van der Waals surface area contributed by atoms with E-state index in [9.17, 15) is 9.18 Å². The maximum Gasteiger partial charge on any atom is 0.211 e. The van der Waals surface area contributed by atoms with Crippen molar-refractivity contribution in [2.24, 2.45) is 0 Å². The summed E-state index contributed by atoms with van der Waals surface area (Å²) in [5, 5.41) is 2.33. The standard InChI is InChI=1S/C16H16FNO3S/c17-11-1-2-14-12(9-11)15(19)13(10-22-14)18-5-3-16(4-6-18)20-7-8-21-16/h1-2,9-10H,3-8H2. The second-order valence-electron chi connectivity index (χ2n) is 5.69. The Hall–Kier alpha value is -1.50. The third-order valence-electron chi connectivity index (χ3n) is 4.40. The number of hydrogen-bond donors (Lipinski definition) is 0. The maximum absolute atomic E-state index is 13.4. The van der Waals surface area contributed by atoms with Crippen molar-refractivity contribution in [2.45, 2.75) is 18.6 Å². The lowest BCUT2D eigenvalue weighted by molar-refractivity contribution is -0.169. The third kappa shape index (κ3) is 2.31. The first-order chi connectivity index (χ1) is 10.7. The van der Waals surface area contributed by atoms with E-state index in [0.717, 1.165) is 17.5 Å². The largest absolute Gasteiger partial charge is 0.367 e. The molecule has 0 amide bonds. The molecular formula is C16H16FNO3S. The van der Waals surface area contributed by atoms with E-state index in [4.69, 9.17) is 9.47 Å². The fourth-order valence-corrected chi connectivity index (χ4v) is 4.11. The van der Waals surface area contributed by atoms with Crippen LogP contribution in [-0.4, -0.2) is 32.1 Å². The summed E-state index contributed by atoms with van der Waals surface area (Å²) in [5.74, 6) is -0.828. The Labute approximate surface area is 131 Å². The van der Waals surface area contributed by atoms with Crippen molar-refractivity contribution >= 4 is 27.1 Å². The number of nitrogens with zero attached hydrogens (tertiary/aromatic N) is 1. The third-order valence-corrected chi connectivity index (χ3v) is 5.35. The van der Waals surface area contributed by atoms with Crippen molar-refractivity contribution in [2.75, 3.05) is 31.2 Å². The van der Waals surface area contributed by atoms with Crippen LogP contribution in [0.25, 0.3) is 10.1 Å². The number of anilines is 1. The Morgan fingerprint density at radius 2 is 1.91 bits per heavy atom. The molecule has 1 aromatic heterocycles. The van der Waals surface area contributed by atoms with Crippen molar-refractivity contribution in [1.29, 1.82) is 0 Å². The van der Waals surface area contributed by atoms with Crippen molar-refractivity contribution in [3.8, 4) is 0 Å². The monoisotopic (exact) mass is 321 g/mol. The van der Waals surface area contributed by atoms with Gasteiger partial charge in [-0.15, -0.1) is 11.3 Å². The highest BCUT2D eigenvalue weighted by molar-refractivity contribution is 7.16. The summed E-state index contributed by atoms with van der Waals surface area (Å²) in [6.07, 6.45) is 1.50. The van der Waals surface area contributed by atoms with Crippen LogP contribution in [-0.2, 0) is 9.47 Å². The van der Waals surface area contributed by atoms with Gasteiger partial charge in [-0.2, -0.15) is 0 Å². The molecule has 2 fully saturated rings. The Kier molecular flexibility index (Phi) is 3.40. The van der Waals surface area contributed by atoms with Crippen LogP contribution in [0, 0.1) is 5.82 Å². The molecule has 3 heterocycles. The lowest BCUT2D eigenvalue weighted by atomic mass is 10.0. The minimum atomic E-state index is -0.452. The average molecular weight is 321 g/mol. The number of fused-ring (bicyclic) bond motifs is 1. The molecule has 2 aliphatic rings. The second kappa shape index (κ2) is 5.30. The lowest BCUT2D eigenvalue weighted by Gasteiger charge is -2.38. The van der Waals surface area contributed by atoms with Crippen molar-refractivity contribution in [3.63, 3.8) is 0 Å². The van der Waals surface area contributed by atoms with Crippen LogP contribution >= 0.6 is 11.3 Å². The number of benzene rings is 1. The number of piperidine rings is 1. The summed E-state index contributed by atoms with van der Waals surface area (Å²) < 4.78 is 25.6. The smallest absolute Gasteiger partial charge is 0.211 e. The van der Waals surface area contributed by atoms with Crippen LogP contribution in [0.3, 0.4) is 0 Å². The predicted octanol–water partition coefficient (Wildman–Crippen LogP) is 2.74. The zero-order valence-corrected chi connectivity index (χ0v) is 12.8. The summed E-state index contributed by atoms with van der Waals surface area (Å²) in [5.41, 5.74) is 0.549. The second-order valence-corrected chi connectivity index (χ2v) is 6.60. The van der Waals surface area contributed by atoms with Crippen molar-refractivity contribution in [3.05, 3.63) is 39.6 Å². The molecule has 0 atom stereocenters. The minimum absolute atomic E-state index is 0.0996. The molecule has 0 N–H and O–H groups in total. The average Bonchev–Trinajstić information content (AvgIpc) is 2.98. The summed E-state index contributed by atoms with van der Waals surface area (Å²) in [6, 6.07) is 4.37. The quantitative estimate of drug-likeness (QED) is 0.809. The number of halogens is 1. The van der Waals surface area contributed by atoms with Crippen LogP contribution in [0.4, 0.5) is 10.1 Å². The highest BCUT2D eigenvalue weighted by Crippen LogP contribution is 2.33. The van der Waals surface area contributed by atoms with Gasteiger partial charge in [-0.25, -0.2) is 4.39 Å². The molecule has 1 aromatic carbocycles. The summed E-state index contributed by atoms with van der Waals surface area (Å²) >= 11 is 1.47. The SMILES string of the molecule is O=c1c(N2CCC3(CC2)OCCO3)csc2ccc(F)cc12. The fraction of sp³-hybridized carbons (Fsp3) is 0.438. The van der Waals surface area contributed by atoms with Gasteiger partial charge in [0, 0.05) is 41.4 Å². The van der Waals surface area contributed by atoms with E-state index < -0.39 is 5.79 Å². The highest BCUT2D eigenvalue weighted by atomic mass is 32.1. The molecule has 2 aliphatic heterocycles. The van der Waals surface area contributed by atoms with E-state index in [1.54, 1.807) is 6.07 Å². The first kappa shape index (κ1) is 14.1. The van der Waals surface area contributed by atoms with Gasteiger partial charge in [-0.1, -0.05) is 0 Å². The van der Waals surface area contributed by atoms with E-state index in [0.29, 0.717) is 37.4 Å². The topological polar surface area (TPSA) is 38.8 Å². The molecule has 6 heteroatoms. The van der Waals surface area contributed by atoms with E-state index in [1.165, 1.54) is 23.5 Å². The van der Waals surface area contributed by atoms with Gasteiger partial charge < -0.3 is 14.4 Å². The molecule has 0 radical (unpaired) electrons. The molecule has 4 nitrogen and oxygen atoms in total. The first-order valence-electron chi connectivity index (χ1n) is 7.41. The van der Waals surface area contributed by atoms with E-state index in [-0.39, 0.29) is 11.2 Å². The molecule has 1 spiro atoms. The molecule has 0 aliphatic carbocycles. The minimum Gasteiger partial charge on any atom is -0.367 e. The van der Waals surface area contributed by atoms with Crippen LogP contribution in [0.2, 0.25) is 0 Å². The van der Waals surface area contributed by atoms with Crippen LogP contribution in [0.5, 0.6) is 0 Å². The molecule has 116 valence electrons. The Balaban J connectivity index is 1.64. The Bertz CT molecular complexity index is 760. The number of hydrogen-bond acceptors (Lipinski definition) is 5. The van der Waals surface area contributed by atoms with E-state index in [2.05, 4.69) is 4.90 Å². The predicted molar refractivity (Wildman–Crippen MR) is 84.1 cm³/mol. The molecule has 4 rings (SSSR count). The summed E-state index contributed by atoms with van der Waals surface area (Å²) in [7, 11) is 0. The molecule has 0 saturated carbocycles. The Morgan fingerprint density at radius 1 is 1.18 bits per heavy atom. The lowest BCUT2D eigenvalue weighted by Crippen LogP contribution is -2.46. The van der Waals surface area contributed by atoms with Gasteiger partial charge in [0.25, 0.3) is 0 Å². The van der Waals surface area contributed by atoms with E-state index >= 15 is 0 Å². The van der Waals surface area contributed by atoms with Crippen molar-refractivity contribution in [1.82, 2.24) is 0 Å². The highest BCUT2D eigenvalue weighted by Gasteiger charge is 2.40. The fourth-order valence-electron chi connectivity index (χ4n) is 3.19. The maximum atomic E-state index is 13.4. The molecule has 2 saturated heterocycles. The van der Waals surface area contributed by atoms with Crippen LogP contribution in [0.15, 0.2) is 28.4 Å². The molecular weight excluding hydrogens is 305 g/mol. The van der Waals surface area contributed by atoms with Gasteiger partial charge in [0.2, 0.25) is 5.43 Å². The van der Waals surface area contributed by atoms with Gasteiger partial charge in [0.1, 0.15) is 5.82 Å². The number of rotatable bonds is 1. The molecule has 0 bridgehead atoms. The zero-order valence-electron chi connectivity index (χ0n) is 12.0. The zero-order chi connectivity index (χ0) is 15.2. The van der Waals surface area contributed by atoms with Gasteiger partial charge in [-0.3, -0.25) is 4.79 Å². The van der Waals surface area contributed by atoms with Gasteiger partial charge >= 0.3 is 0 Å². The summed E-state index contributed by atoms with van der Waals surface area (Å²) in [6.45, 7) is 2.71. The molecule has 2 aromatic rings. The van der Waals surface area contributed by atoms with Crippen LogP contribution in [0.1, 0.15) is 12.8 Å². The van der Waals surface area contributed by atoms with Gasteiger partial charge in [0.15, 0.2) is 5.79 Å².